The molecule has 0 spiro atoms. The number of thioether (sulfide) groups is 2. The van der Waals surface area contributed by atoms with Crippen molar-refractivity contribution >= 4 is 85.2 Å². The maximum absolute atomic E-state index is 13.9. The van der Waals surface area contributed by atoms with Gasteiger partial charge in [0.15, 0.2) is 4.34 Å². The van der Waals surface area contributed by atoms with Crippen molar-refractivity contribution in [3.05, 3.63) is 83.9 Å². The molecule has 2 N–H and O–H groups in total. The molecule has 1 unspecified atom stereocenters. The van der Waals surface area contributed by atoms with Crippen molar-refractivity contribution in [2.45, 2.75) is 130 Å². The Kier molecular flexibility index (Phi) is 21.7. The molecule has 2 amide bonds. The molecule has 368 valence electrons. The summed E-state index contributed by atoms with van der Waals surface area (Å²) in [5.74, 6) is -0.350. The third-order valence-corrected chi connectivity index (χ3v) is 16.4. The van der Waals surface area contributed by atoms with E-state index in [1.54, 1.807) is 51.1 Å². The molecule has 1 aromatic heterocycles. The number of sulfonamides is 1. The number of nitrogens with zero attached hydrogens (tertiary/aromatic N) is 4. The predicted molar refractivity (Wildman–Crippen MR) is 274 cm³/mol. The van der Waals surface area contributed by atoms with Crippen LogP contribution in [0.15, 0.2) is 87.2 Å². The summed E-state index contributed by atoms with van der Waals surface area (Å²) in [6, 6.07) is 19.8. The van der Waals surface area contributed by atoms with E-state index in [9.17, 15) is 27.9 Å². The Balaban J connectivity index is 1.25. The second kappa shape index (κ2) is 27.3. The summed E-state index contributed by atoms with van der Waals surface area (Å²) < 4.78 is 50.2. The van der Waals surface area contributed by atoms with Crippen molar-refractivity contribution in [2.24, 2.45) is 0 Å². The first-order chi connectivity index (χ1) is 32.8. The van der Waals surface area contributed by atoms with Crippen molar-refractivity contribution in [3.63, 3.8) is 0 Å². The number of aromatic hydroxyl groups is 1. The molecule has 0 aliphatic carbocycles. The van der Waals surface area contributed by atoms with Gasteiger partial charge in [0.05, 0.1) is 35.6 Å². The van der Waals surface area contributed by atoms with Crippen LogP contribution >= 0.6 is 35.1 Å². The first-order valence-corrected chi connectivity index (χ1v) is 27.5. The minimum atomic E-state index is -3.86. The van der Waals surface area contributed by atoms with Crippen LogP contribution in [0.3, 0.4) is 0 Å². The van der Waals surface area contributed by atoms with Gasteiger partial charge < -0.3 is 24.6 Å². The lowest BCUT2D eigenvalue weighted by Crippen LogP contribution is -2.31. The fourth-order valence-electron chi connectivity index (χ4n) is 7.53. The molecule has 0 aliphatic rings. The monoisotopic (exact) mass is 1010 g/mol. The maximum atomic E-state index is 13.9. The van der Waals surface area contributed by atoms with Crippen LogP contribution in [-0.2, 0) is 25.3 Å². The topological polar surface area (TPSA) is 178 Å². The molecule has 4 aromatic carbocycles. The number of ether oxygens (including phenoxy) is 3. The highest BCUT2D eigenvalue weighted by atomic mass is 32.2. The van der Waals surface area contributed by atoms with E-state index in [1.165, 1.54) is 124 Å². The number of anilines is 2. The number of methoxy groups -OCH3 is 1. The number of fused-ring (bicyclic) bond motifs is 1. The normalized spacial score (nSPS) is 12.0. The Morgan fingerprint density at radius 1 is 0.824 bits per heavy atom. The van der Waals surface area contributed by atoms with E-state index in [0.29, 0.717) is 49.6 Å². The first-order valence-electron chi connectivity index (χ1n) is 23.4. The Hall–Kier alpha value is -4.88. The van der Waals surface area contributed by atoms with E-state index in [4.69, 9.17) is 14.2 Å². The summed E-state index contributed by atoms with van der Waals surface area (Å²) in [5, 5.41) is 15.1. The molecule has 1 heterocycles. The summed E-state index contributed by atoms with van der Waals surface area (Å²) in [6.45, 7) is 8.53. The Labute approximate surface area is 414 Å². The highest BCUT2D eigenvalue weighted by Gasteiger charge is 2.26. The van der Waals surface area contributed by atoms with E-state index in [-0.39, 0.29) is 40.8 Å². The van der Waals surface area contributed by atoms with Crippen LogP contribution in [0.2, 0.25) is 0 Å². The zero-order valence-corrected chi connectivity index (χ0v) is 43.2. The van der Waals surface area contributed by atoms with Gasteiger partial charge >= 0.3 is 12.1 Å². The number of rotatable bonds is 28. The largest absolute Gasteiger partial charge is 0.506 e. The molecule has 0 saturated carbocycles. The molecule has 68 heavy (non-hydrogen) atoms. The maximum Gasteiger partial charge on any atom is 0.419 e. The van der Waals surface area contributed by atoms with Gasteiger partial charge in [0.25, 0.3) is 5.91 Å². The summed E-state index contributed by atoms with van der Waals surface area (Å²) in [6.07, 6.45) is 14.2. The molecular weight excluding hydrogens is 943 g/mol. The number of unbranched alkanes of at least 4 members (excludes halogenated alkanes) is 11. The van der Waals surface area contributed by atoms with Crippen molar-refractivity contribution in [1.82, 2.24) is 13.7 Å². The van der Waals surface area contributed by atoms with Gasteiger partial charge in [-0.25, -0.2) is 18.2 Å². The lowest BCUT2D eigenvalue weighted by Gasteiger charge is -2.22. The van der Waals surface area contributed by atoms with Crippen molar-refractivity contribution in [2.75, 3.05) is 44.1 Å². The van der Waals surface area contributed by atoms with E-state index in [2.05, 4.69) is 21.6 Å². The number of hydrogen-bond acceptors (Lipinski definition) is 14. The van der Waals surface area contributed by atoms with Crippen LogP contribution in [-0.4, -0.2) is 84.3 Å². The van der Waals surface area contributed by atoms with Crippen LogP contribution in [0.4, 0.5) is 16.2 Å². The number of aromatic nitrogens is 2. The fraction of sp³-hybridized carbons (Fsp3) is 0.460. The predicted octanol–water partition coefficient (Wildman–Crippen LogP) is 12.3. The van der Waals surface area contributed by atoms with Gasteiger partial charge in [0.2, 0.25) is 15.2 Å². The SMILES string of the molecule is CCCCCCCCCCCCCCOc1ccccc1NC(=O)c1ccc2c(N(C)C(=O)Oc3ccc(S(=O)(=O)N(CC)CC)cc3CSc3nc(SC(C)C(=O)OC)ns3)cccc2c1O. The number of hydrogen-bond donors (Lipinski definition) is 2. The van der Waals surface area contributed by atoms with Crippen LogP contribution in [0, 0.1) is 0 Å². The molecular formula is C50H65N5O9S4. The number of phenols is 1. The van der Waals surface area contributed by atoms with Crippen LogP contribution in [0.1, 0.15) is 121 Å². The Morgan fingerprint density at radius 3 is 2.18 bits per heavy atom. The number of para-hydroxylation sites is 2. The molecule has 1 atom stereocenters. The Morgan fingerprint density at radius 2 is 1.50 bits per heavy atom. The van der Waals surface area contributed by atoms with Gasteiger partial charge in [0.1, 0.15) is 22.5 Å². The number of esters is 1. The van der Waals surface area contributed by atoms with Gasteiger partial charge in [-0.1, -0.05) is 145 Å². The van der Waals surface area contributed by atoms with E-state index < -0.39 is 33.2 Å². The minimum absolute atomic E-state index is 0.0386. The fourth-order valence-corrected chi connectivity index (χ4v) is 11.6. The summed E-state index contributed by atoms with van der Waals surface area (Å²) in [7, 11) is -1.03. The lowest BCUT2D eigenvalue weighted by molar-refractivity contribution is -0.139. The van der Waals surface area contributed by atoms with Crippen molar-refractivity contribution in [1.29, 1.82) is 0 Å². The molecule has 0 radical (unpaired) electrons. The van der Waals surface area contributed by atoms with Gasteiger partial charge in [-0.15, -0.1) is 0 Å². The summed E-state index contributed by atoms with van der Waals surface area (Å²) >= 11 is 3.55. The van der Waals surface area contributed by atoms with Crippen molar-refractivity contribution < 1.29 is 42.1 Å². The van der Waals surface area contributed by atoms with E-state index >= 15 is 0 Å². The standard InChI is InChI=1S/C50H65N5O9S4/c1-7-10-11-12-13-14-15-16-17-18-19-22-32-63-44-27-21-20-25-41(44)51-46(57)40-30-29-38-39(45(40)56)24-23-26-42(38)54(5)50(59)64-43-31-28-37(68(60,61)55(8-2)9-3)33-36(43)34-65-49-52-48(53-67-49)66-35(4)47(58)62-6/h20-21,23-31,33,35,56H,7-19,22,32,34H2,1-6H3,(H,51,57). The number of carbonyl (C=O) groups is 3. The van der Waals surface area contributed by atoms with Crippen LogP contribution < -0.4 is 19.7 Å². The molecule has 5 aromatic rings. The highest BCUT2D eigenvalue weighted by Crippen LogP contribution is 2.37. The van der Waals surface area contributed by atoms with Gasteiger partial charge in [-0.05, 0) is 67.3 Å². The van der Waals surface area contributed by atoms with Gasteiger partial charge in [0, 0.05) is 42.2 Å². The highest BCUT2D eigenvalue weighted by molar-refractivity contribution is 8.01. The number of carbonyl (C=O) groups excluding carboxylic acids is 3. The Bertz CT molecular complexity index is 2550. The van der Waals surface area contributed by atoms with Gasteiger partial charge in [-0.2, -0.15) is 8.68 Å². The van der Waals surface area contributed by atoms with Gasteiger partial charge in [-0.3, -0.25) is 14.5 Å². The van der Waals surface area contributed by atoms with E-state index in [1.807, 2.05) is 18.2 Å². The smallest absolute Gasteiger partial charge is 0.419 e. The third-order valence-electron chi connectivity index (χ3n) is 11.4. The zero-order chi connectivity index (χ0) is 49.1. The van der Waals surface area contributed by atoms with Crippen molar-refractivity contribution in [3.8, 4) is 17.2 Å². The summed E-state index contributed by atoms with van der Waals surface area (Å²) in [5.41, 5.74) is 1.33. The summed E-state index contributed by atoms with van der Waals surface area (Å²) in [4.78, 5) is 45.4. The first kappa shape index (κ1) is 54.1. The van der Waals surface area contributed by atoms with E-state index in [0.717, 1.165) is 36.1 Å². The molecule has 18 heteroatoms. The minimum Gasteiger partial charge on any atom is -0.506 e. The molecule has 0 saturated heterocycles. The number of amides is 2. The third kappa shape index (κ3) is 15.1. The number of benzene rings is 4. The quantitative estimate of drug-likeness (QED) is 0.0275. The molecule has 0 bridgehead atoms. The van der Waals surface area contributed by atoms with Crippen LogP contribution in [0.25, 0.3) is 10.8 Å². The number of phenolic OH excluding ortho intramolecular Hbond substituents is 1. The van der Waals surface area contributed by atoms with Crippen LogP contribution in [0.5, 0.6) is 17.2 Å². The molecule has 0 aliphatic heterocycles. The molecule has 5 rings (SSSR count). The lowest BCUT2D eigenvalue weighted by atomic mass is 10.0. The zero-order valence-electron chi connectivity index (χ0n) is 40.0. The second-order valence-electron chi connectivity index (χ2n) is 16.2. The molecule has 14 nitrogen and oxygen atoms in total. The average Bonchev–Trinajstić information content (AvgIpc) is 3.79. The average molecular weight is 1010 g/mol. The molecule has 0 fully saturated rings. The second-order valence-corrected chi connectivity index (χ2v) is 21.4. The number of nitrogens with one attached hydrogen (secondary N) is 1.